The van der Waals surface area contributed by atoms with Gasteiger partial charge in [0.05, 0.1) is 10.7 Å². The van der Waals surface area contributed by atoms with Crippen molar-refractivity contribution in [1.82, 2.24) is 4.90 Å². The van der Waals surface area contributed by atoms with E-state index in [1.54, 1.807) is 18.2 Å². The number of carbonyl (C=O) groups is 1. The number of rotatable bonds is 2. The number of fused-ring (bicyclic) bond motifs is 1. The van der Waals surface area contributed by atoms with E-state index in [1.807, 2.05) is 29.2 Å². The van der Waals surface area contributed by atoms with E-state index in [1.165, 1.54) is 17.2 Å². The Bertz CT molecular complexity index is 1020. The predicted molar refractivity (Wildman–Crippen MR) is 113 cm³/mol. The van der Waals surface area contributed by atoms with Crippen LogP contribution in [0.1, 0.15) is 29.9 Å². The van der Waals surface area contributed by atoms with Gasteiger partial charge in [0.2, 0.25) is 0 Å². The zero-order chi connectivity index (χ0) is 19.7. The summed E-state index contributed by atoms with van der Waals surface area (Å²) in [6.07, 6.45) is 1.71. The van der Waals surface area contributed by atoms with Crippen molar-refractivity contribution >= 4 is 34.1 Å². The van der Waals surface area contributed by atoms with Crippen LogP contribution in [0.2, 0.25) is 5.02 Å². The quantitative estimate of drug-likeness (QED) is 0.537. The molecule has 4 rings (SSSR count). The van der Waals surface area contributed by atoms with Gasteiger partial charge in [-0.25, -0.2) is 9.18 Å². The lowest BCUT2D eigenvalue weighted by Crippen LogP contribution is -2.40. The topological polar surface area (TPSA) is 32.3 Å². The summed E-state index contributed by atoms with van der Waals surface area (Å²) in [6.45, 7) is 3.40. The highest BCUT2D eigenvalue weighted by molar-refractivity contribution is 6.33. The van der Waals surface area contributed by atoms with E-state index >= 15 is 0 Å². The molecule has 1 aliphatic rings. The van der Waals surface area contributed by atoms with Crippen LogP contribution in [0.5, 0.6) is 0 Å². The van der Waals surface area contributed by atoms with Crippen molar-refractivity contribution < 1.29 is 9.18 Å². The Kier molecular flexibility index (Phi) is 5.23. The number of piperidine rings is 1. The van der Waals surface area contributed by atoms with Crippen molar-refractivity contribution in [2.24, 2.45) is 0 Å². The molecule has 144 valence electrons. The number of aryl methyl sites for hydroxylation is 1. The lowest BCUT2D eigenvalue weighted by molar-refractivity contribution is 0.194. The Labute approximate surface area is 169 Å². The average molecular weight is 397 g/mol. The molecule has 28 heavy (non-hydrogen) atoms. The molecule has 3 aromatic carbocycles. The summed E-state index contributed by atoms with van der Waals surface area (Å²) >= 11 is 6.13. The summed E-state index contributed by atoms with van der Waals surface area (Å²) in [7, 11) is 0. The van der Waals surface area contributed by atoms with Crippen molar-refractivity contribution in [2.45, 2.75) is 25.7 Å². The van der Waals surface area contributed by atoms with Gasteiger partial charge in [-0.15, -0.1) is 0 Å². The summed E-state index contributed by atoms with van der Waals surface area (Å²) in [4.78, 5) is 14.4. The van der Waals surface area contributed by atoms with Crippen molar-refractivity contribution in [2.75, 3.05) is 18.4 Å². The van der Waals surface area contributed by atoms with Gasteiger partial charge in [0, 0.05) is 13.1 Å². The third-order valence-electron chi connectivity index (χ3n) is 5.55. The van der Waals surface area contributed by atoms with Gasteiger partial charge in [0.15, 0.2) is 0 Å². The molecule has 2 amide bonds. The lowest BCUT2D eigenvalue weighted by Gasteiger charge is -2.33. The summed E-state index contributed by atoms with van der Waals surface area (Å²) in [5.41, 5.74) is 3.01. The minimum Gasteiger partial charge on any atom is -0.324 e. The van der Waals surface area contributed by atoms with Crippen molar-refractivity contribution in [3.05, 3.63) is 76.6 Å². The van der Waals surface area contributed by atoms with E-state index in [-0.39, 0.29) is 11.8 Å². The van der Waals surface area contributed by atoms with Gasteiger partial charge in [0.1, 0.15) is 5.82 Å². The second kappa shape index (κ2) is 7.80. The SMILES string of the molecule is Cc1ccc2ccc(F)cc2c1C1CCN(C(=O)Nc2ccccc2Cl)CC1. The molecule has 3 aromatic rings. The Hall–Kier alpha value is -2.59. The first kappa shape index (κ1) is 18.8. The first-order valence-electron chi connectivity index (χ1n) is 9.52. The molecule has 0 bridgehead atoms. The maximum absolute atomic E-state index is 13.9. The van der Waals surface area contributed by atoms with Crippen LogP contribution >= 0.6 is 11.6 Å². The molecule has 0 atom stereocenters. The van der Waals surface area contributed by atoms with Crippen LogP contribution in [0.4, 0.5) is 14.9 Å². The highest BCUT2D eigenvalue weighted by atomic mass is 35.5. The van der Waals surface area contributed by atoms with Crippen LogP contribution in [-0.4, -0.2) is 24.0 Å². The molecule has 0 aromatic heterocycles. The maximum Gasteiger partial charge on any atom is 0.321 e. The standard InChI is InChI=1S/C23H22ClFN2O/c1-15-6-7-16-8-9-18(25)14-19(16)22(15)17-10-12-27(13-11-17)23(28)26-21-5-3-2-4-20(21)24/h2-9,14,17H,10-13H2,1H3,(H,26,28). The summed E-state index contributed by atoms with van der Waals surface area (Å²) < 4.78 is 13.9. The molecule has 3 nitrogen and oxygen atoms in total. The van der Waals surface area contributed by atoms with Crippen LogP contribution in [-0.2, 0) is 0 Å². The number of hydrogen-bond acceptors (Lipinski definition) is 1. The Morgan fingerprint density at radius 3 is 2.57 bits per heavy atom. The number of amides is 2. The van der Waals surface area contributed by atoms with Gasteiger partial charge in [-0.1, -0.05) is 41.9 Å². The zero-order valence-electron chi connectivity index (χ0n) is 15.7. The Balaban J connectivity index is 1.50. The van der Waals surface area contributed by atoms with E-state index in [0.29, 0.717) is 29.7 Å². The first-order chi connectivity index (χ1) is 13.5. The summed E-state index contributed by atoms with van der Waals surface area (Å²) in [5.74, 6) is 0.103. The largest absolute Gasteiger partial charge is 0.324 e. The third-order valence-corrected chi connectivity index (χ3v) is 5.88. The molecular formula is C23H22ClFN2O. The van der Waals surface area contributed by atoms with E-state index in [0.717, 1.165) is 23.6 Å². The summed E-state index contributed by atoms with van der Waals surface area (Å²) in [5, 5.41) is 5.46. The maximum atomic E-state index is 13.9. The fourth-order valence-corrected chi connectivity index (χ4v) is 4.28. The van der Waals surface area contributed by atoms with E-state index in [9.17, 15) is 9.18 Å². The van der Waals surface area contributed by atoms with Crippen molar-refractivity contribution in [3.8, 4) is 0 Å². The van der Waals surface area contributed by atoms with E-state index in [2.05, 4.69) is 18.3 Å². The van der Waals surface area contributed by atoms with E-state index in [4.69, 9.17) is 11.6 Å². The highest BCUT2D eigenvalue weighted by Gasteiger charge is 2.26. The minimum atomic E-state index is -0.212. The number of urea groups is 1. The number of para-hydroxylation sites is 1. The number of likely N-dealkylation sites (tertiary alicyclic amines) is 1. The second-order valence-corrected chi connectivity index (χ2v) is 7.74. The fraction of sp³-hybridized carbons (Fsp3) is 0.261. The third kappa shape index (κ3) is 3.69. The number of benzene rings is 3. The summed E-state index contributed by atoms with van der Waals surface area (Å²) in [6, 6.07) is 16.2. The Morgan fingerprint density at radius 2 is 1.82 bits per heavy atom. The minimum absolute atomic E-state index is 0.132. The fourth-order valence-electron chi connectivity index (χ4n) is 4.09. The zero-order valence-corrected chi connectivity index (χ0v) is 16.5. The molecule has 0 radical (unpaired) electrons. The number of hydrogen-bond donors (Lipinski definition) is 1. The van der Waals surface area contributed by atoms with Crippen LogP contribution < -0.4 is 5.32 Å². The lowest BCUT2D eigenvalue weighted by atomic mass is 9.83. The molecule has 1 N–H and O–H groups in total. The number of anilines is 1. The van der Waals surface area contributed by atoms with Gasteiger partial charge >= 0.3 is 6.03 Å². The Morgan fingerprint density at radius 1 is 1.11 bits per heavy atom. The van der Waals surface area contributed by atoms with Crippen LogP contribution in [0.25, 0.3) is 10.8 Å². The molecule has 0 aliphatic carbocycles. The number of nitrogens with one attached hydrogen (secondary N) is 1. The molecule has 5 heteroatoms. The molecular weight excluding hydrogens is 375 g/mol. The molecule has 1 saturated heterocycles. The number of halogens is 2. The van der Waals surface area contributed by atoms with Crippen molar-refractivity contribution in [3.63, 3.8) is 0 Å². The van der Waals surface area contributed by atoms with Gasteiger partial charge in [-0.2, -0.15) is 0 Å². The monoisotopic (exact) mass is 396 g/mol. The molecule has 1 fully saturated rings. The number of carbonyl (C=O) groups excluding carboxylic acids is 1. The van der Waals surface area contributed by atoms with Gasteiger partial charge < -0.3 is 10.2 Å². The average Bonchev–Trinajstić information content (AvgIpc) is 2.70. The first-order valence-corrected chi connectivity index (χ1v) is 9.90. The normalized spacial score (nSPS) is 15.0. The smallest absolute Gasteiger partial charge is 0.321 e. The number of nitrogens with zero attached hydrogens (tertiary/aromatic N) is 1. The van der Waals surface area contributed by atoms with Gasteiger partial charge in [0.25, 0.3) is 0 Å². The van der Waals surface area contributed by atoms with Crippen LogP contribution in [0.3, 0.4) is 0 Å². The second-order valence-electron chi connectivity index (χ2n) is 7.33. The van der Waals surface area contributed by atoms with E-state index < -0.39 is 0 Å². The van der Waals surface area contributed by atoms with Crippen LogP contribution in [0, 0.1) is 12.7 Å². The molecule has 1 aliphatic heterocycles. The molecule has 0 spiro atoms. The molecule has 0 unspecified atom stereocenters. The van der Waals surface area contributed by atoms with Crippen LogP contribution in [0.15, 0.2) is 54.6 Å². The van der Waals surface area contributed by atoms with Gasteiger partial charge in [-0.05, 0) is 71.8 Å². The molecule has 1 heterocycles. The van der Waals surface area contributed by atoms with Crippen molar-refractivity contribution in [1.29, 1.82) is 0 Å². The van der Waals surface area contributed by atoms with Gasteiger partial charge in [-0.3, -0.25) is 0 Å². The molecule has 0 saturated carbocycles. The predicted octanol–water partition coefficient (Wildman–Crippen LogP) is 6.35. The highest BCUT2D eigenvalue weighted by Crippen LogP contribution is 2.36.